The van der Waals surface area contributed by atoms with Crippen molar-refractivity contribution in [1.82, 2.24) is 9.97 Å². The number of nitrogens with zero attached hydrogens (tertiary/aromatic N) is 2. The summed E-state index contributed by atoms with van der Waals surface area (Å²) in [6.07, 6.45) is 2.26. The summed E-state index contributed by atoms with van der Waals surface area (Å²) in [5.74, 6) is -0.0565. The minimum absolute atomic E-state index is 0.413. The van der Waals surface area contributed by atoms with Crippen molar-refractivity contribution in [3.63, 3.8) is 0 Å². The Morgan fingerprint density at radius 1 is 1.12 bits per heavy atom. The molecule has 2 aromatic carbocycles. The molecule has 0 aliphatic rings. The molecule has 0 aliphatic heterocycles. The normalized spacial score (nSPS) is 11.8. The Morgan fingerprint density at radius 3 is 2.54 bits per heavy atom. The van der Waals surface area contributed by atoms with Crippen molar-refractivity contribution in [2.45, 2.75) is 12.6 Å². The van der Waals surface area contributed by atoms with E-state index >= 15 is 0 Å². The first-order valence-corrected chi connectivity index (χ1v) is 8.29. The number of aliphatic hydroxyl groups excluding tert-OH is 1. The first-order valence-electron chi connectivity index (χ1n) is 7.91. The Balaban J connectivity index is 1.66. The summed E-state index contributed by atoms with van der Waals surface area (Å²) in [4.78, 5) is 19.6. The number of halogens is 1. The lowest BCUT2D eigenvalue weighted by molar-refractivity contribution is 0.1000. The maximum Gasteiger partial charge on any atom is 0.248 e. The summed E-state index contributed by atoms with van der Waals surface area (Å²) in [5.41, 5.74) is 7.84. The number of aromatic nitrogens is 2. The molecule has 1 unspecified atom stereocenters. The van der Waals surface area contributed by atoms with E-state index < -0.39 is 12.0 Å². The highest BCUT2D eigenvalue weighted by molar-refractivity contribution is 6.30. The Hall–Kier alpha value is -2.96. The van der Waals surface area contributed by atoms with Crippen molar-refractivity contribution in [2.75, 3.05) is 5.32 Å². The minimum atomic E-state index is -0.852. The fourth-order valence-electron chi connectivity index (χ4n) is 2.46. The highest BCUT2D eigenvalue weighted by atomic mass is 35.5. The number of primary amides is 1. The molecule has 0 spiro atoms. The Kier molecular flexibility index (Phi) is 5.46. The zero-order valence-electron chi connectivity index (χ0n) is 13.8. The molecule has 132 valence electrons. The number of benzene rings is 2. The van der Waals surface area contributed by atoms with Crippen molar-refractivity contribution < 1.29 is 9.90 Å². The van der Waals surface area contributed by atoms with Crippen molar-refractivity contribution >= 4 is 23.5 Å². The van der Waals surface area contributed by atoms with Crippen molar-refractivity contribution in [3.8, 4) is 0 Å². The molecule has 3 rings (SSSR count). The van der Waals surface area contributed by atoms with E-state index in [2.05, 4.69) is 15.3 Å². The summed E-state index contributed by atoms with van der Waals surface area (Å²) in [5, 5.41) is 14.0. The van der Waals surface area contributed by atoms with Crippen LogP contribution in [0.3, 0.4) is 0 Å². The molecule has 7 heteroatoms. The molecule has 1 aromatic heterocycles. The SMILES string of the molecule is NC(=O)c1cccc(CNc2ncc(C(O)c3cccc(Cl)c3)cn2)c1. The van der Waals surface area contributed by atoms with E-state index in [9.17, 15) is 9.90 Å². The first kappa shape index (κ1) is 17.8. The minimum Gasteiger partial charge on any atom is -0.384 e. The first-order chi connectivity index (χ1) is 12.5. The molecule has 1 atom stereocenters. The molecular weight excluding hydrogens is 352 g/mol. The van der Waals surface area contributed by atoms with Gasteiger partial charge in [0.05, 0.1) is 0 Å². The summed E-state index contributed by atoms with van der Waals surface area (Å²) in [6, 6.07) is 14.0. The van der Waals surface area contributed by atoms with Crippen molar-refractivity contribution in [1.29, 1.82) is 0 Å². The predicted octanol–water partition coefficient (Wildman–Crippen LogP) is 2.92. The number of anilines is 1. The zero-order valence-corrected chi connectivity index (χ0v) is 14.5. The van der Waals surface area contributed by atoms with E-state index in [0.29, 0.717) is 34.2 Å². The lowest BCUT2D eigenvalue weighted by atomic mass is 10.0. The smallest absolute Gasteiger partial charge is 0.248 e. The maximum atomic E-state index is 11.2. The van der Waals surface area contributed by atoms with E-state index in [4.69, 9.17) is 17.3 Å². The van der Waals surface area contributed by atoms with Gasteiger partial charge in [-0.1, -0.05) is 35.9 Å². The van der Waals surface area contributed by atoms with Crippen LogP contribution in [0.15, 0.2) is 60.9 Å². The summed E-state index contributed by atoms with van der Waals surface area (Å²) < 4.78 is 0. The lowest BCUT2D eigenvalue weighted by Crippen LogP contribution is -2.12. The van der Waals surface area contributed by atoms with Gasteiger partial charge in [-0.15, -0.1) is 0 Å². The third kappa shape index (κ3) is 4.36. The second-order valence-electron chi connectivity index (χ2n) is 5.72. The van der Waals surface area contributed by atoms with Gasteiger partial charge in [-0.2, -0.15) is 0 Å². The summed E-state index contributed by atoms with van der Waals surface area (Å²) in [6.45, 7) is 0.442. The van der Waals surface area contributed by atoms with Crippen LogP contribution in [0.1, 0.15) is 33.2 Å². The van der Waals surface area contributed by atoms with Gasteiger partial charge in [0.2, 0.25) is 11.9 Å². The van der Waals surface area contributed by atoms with Gasteiger partial charge in [0.25, 0.3) is 0 Å². The number of carbonyl (C=O) groups is 1. The summed E-state index contributed by atoms with van der Waals surface area (Å²) in [7, 11) is 0. The topological polar surface area (TPSA) is 101 Å². The summed E-state index contributed by atoms with van der Waals surface area (Å²) >= 11 is 5.95. The molecule has 3 aromatic rings. The number of rotatable bonds is 6. The molecule has 0 radical (unpaired) electrons. The maximum absolute atomic E-state index is 11.2. The van der Waals surface area contributed by atoms with E-state index in [-0.39, 0.29) is 0 Å². The van der Waals surface area contributed by atoms with E-state index in [0.717, 1.165) is 5.56 Å². The number of hydrogen-bond donors (Lipinski definition) is 3. The van der Waals surface area contributed by atoms with Crippen LogP contribution < -0.4 is 11.1 Å². The van der Waals surface area contributed by atoms with Crippen molar-refractivity contribution in [3.05, 3.63) is 88.2 Å². The average Bonchev–Trinajstić information content (AvgIpc) is 2.66. The number of carbonyl (C=O) groups excluding carboxylic acids is 1. The van der Waals surface area contributed by atoms with E-state index in [1.165, 1.54) is 0 Å². The van der Waals surface area contributed by atoms with Crippen LogP contribution in [0.4, 0.5) is 5.95 Å². The van der Waals surface area contributed by atoms with E-state index in [1.54, 1.807) is 54.9 Å². The Bertz CT molecular complexity index is 915. The van der Waals surface area contributed by atoms with Crippen molar-refractivity contribution in [2.24, 2.45) is 5.73 Å². The van der Waals surface area contributed by atoms with Crippen LogP contribution in [0, 0.1) is 0 Å². The van der Waals surface area contributed by atoms with E-state index in [1.807, 2.05) is 6.07 Å². The Morgan fingerprint density at radius 2 is 1.85 bits per heavy atom. The average molecular weight is 369 g/mol. The monoisotopic (exact) mass is 368 g/mol. The fraction of sp³-hybridized carbons (Fsp3) is 0.105. The molecule has 4 N–H and O–H groups in total. The van der Waals surface area contributed by atoms with Crippen LogP contribution in [0.25, 0.3) is 0 Å². The number of aliphatic hydroxyl groups is 1. The molecule has 1 amide bonds. The van der Waals surface area contributed by atoms with Gasteiger partial charge >= 0.3 is 0 Å². The van der Waals surface area contributed by atoms with Gasteiger partial charge in [-0.25, -0.2) is 9.97 Å². The number of nitrogens with two attached hydrogens (primary N) is 1. The van der Waals surface area contributed by atoms with Crippen LogP contribution in [-0.4, -0.2) is 21.0 Å². The molecular formula is C19H17ClN4O2. The van der Waals surface area contributed by atoms with Gasteiger partial charge in [-0.05, 0) is 35.4 Å². The largest absolute Gasteiger partial charge is 0.384 e. The van der Waals surface area contributed by atoms with Gasteiger partial charge in [0, 0.05) is 35.1 Å². The van der Waals surface area contributed by atoms with Gasteiger partial charge in [0.15, 0.2) is 0 Å². The van der Waals surface area contributed by atoms with Gasteiger partial charge in [-0.3, -0.25) is 4.79 Å². The third-order valence-electron chi connectivity index (χ3n) is 3.81. The standard InChI is InChI=1S/C19H17ClN4O2/c20-16-6-2-4-13(8-16)17(25)15-10-23-19(24-11-15)22-9-12-3-1-5-14(7-12)18(21)26/h1-8,10-11,17,25H,9H2,(H2,21,26)(H,22,23,24). The zero-order chi connectivity index (χ0) is 18.5. The highest BCUT2D eigenvalue weighted by Crippen LogP contribution is 2.23. The quantitative estimate of drug-likeness (QED) is 0.621. The van der Waals surface area contributed by atoms with Crippen LogP contribution in [-0.2, 0) is 6.54 Å². The number of amides is 1. The second kappa shape index (κ2) is 7.95. The molecule has 0 saturated heterocycles. The van der Waals surface area contributed by atoms with Gasteiger partial charge in [0.1, 0.15) is 6.10 Å². The number of nitrogens with one attached hydrogen (secondary N) is 1. The lowest BCUT2D eigenvalue weighted by Gasteiger charge is -2.12. The molecule has 1 heterocycles. The van der Waals surface area contributed by atoms with Crippen LogP contribution in [0.5, 0.6) is 0 Å². The Labute approximate surface area is 155 Å². The molecule has 6 nitrogen and oxygen atoms in total. The number of hydrogen-bond acceptors (Lipinski definition) is 5. The molecule has 0 bridgehead atoms. The third-order valence-corrected chi connectivity index (χ3v) is 4.05. The molecule has 0 saturated carbocycles. The molecule has 0 aliphatic carbocycles. The molecule has 0 fully saturated rings. The molecule has 26 heavy (non-hydrogen) atoms. The fourth-order valence-corrected chi connectivity index (χ4v) is 2.65. The van der Waals surface area contributed by atoms with Crippen LogP contribution in [0.2, 0.25) is 5.02 Å². The predicted molar refractivity (Wildman–Crippen MR) is 99.8 cm³/mol. The van der Waals surface area contributed by atoms with Crippen LogP contribution >= 0.6 is 11.6 Å². The second-order valence-corrected chi connectivity index (χ2v) is 6.15. The highest BCUT2D eigenvalue weighted by Gasteiger charge is 2.12. The van der Waals surface area contributed by atoms with Gasteiger partial charge < -0.3 is 16.2 Å².